The average Bonchev–Trinajstić information content (AvgIpc) is 2.89. The maximum Gasteiger partial charge on any atom is 0.231 e. The fraction of sp³-hybridized carbons (Fsp3) is 0.571. The van der Waals surface area contributed by atoms with Crippen molar-refractivity contribution in [3.8, 4) is 17.2 Å². The van der Waals surface area contributed by atoms with Crippen molar-refractivity contribution in [2.75, 3.05) is 27.0 Å². The van der Waals surface area contributed by atoms with Crippen molar-refractivity contribution in [3.63, 3.8) is 0 Å². The quantitative estimate of drug-likeness (QED) is 0.926. The molecule has 0 aromatic heterocycles. The van der Waals surface area contributed by atoms with E-state index in [0.29, 0.717) is 16.7 Å². The van der Waals surface area contributed by atoms with Crippen LogP contribution in [0.5, 0.6) is 17.2 Å². The van der Waals surface area contributed by atoms with Gasteiger partial charge in [-0.2, -0.15) is 0 Å². The SMILES string of the molecule is COc1c(CC2CCNCC2)cc2c(c1Cl)OCO2. The molecule has 19 heavy (non-hydrogen) atoms. The van der Waals surface area contributed by atoms with E-state index in [1.54, 1.807) is 7.11 Å². The van der Waals surface area contributed by atoms with Crippen molar-refractivity contribution in [2.45, 2.75) is 19.3 Å². The second kappa shape index (κ2) is 5.47. The Bertz CT molecular complexity index is 472. The molecule has 2 aliphatic rings. The molecule has 0 bridgehead atoms. The molecule has 3 rings (SSSR count). The molecule has 104 valence electrons. The Labute approximate surface area is 118 Å². The second-order valence-electron chi connectivity index (χ2n) is 5.01. The molecule has 4 nitrogen and oxygen atoms in total. The normalized spacial score (nSPS) is 18.6. The lowest BCUT2D eigenvalue weighted by Crippen LogP contribution is -2.28. The molecule has 1 N–H and O–H groups in total. The van der Waals surface area contributed by atoms with E-state index in [9.17, 15) is 0 Å². The van der Waals surface area contributed by atoms with Crippen LogP contribution in [0.3, 0.4) is 0 Å². The molecular weight excluding hydrogens is 266 g/mol. The fourth-order valence-electron chi connectivity index (χ4n) is 2.80. The zero-order valence-corrected chi connectivity index (χ0v) is 11.8. The van der Waals surface area contributed by atoms with Gasteiger partial charge in [0.1, 0.15) is 10.8 Å². The number of fused-ring (bicyclic) bond motifs is 1. The Hall–Kier alpha value is -1.13. The minimum atomic E-state index is 0.231. The molecule has 0 radical (unpaired) electrons. The molecular formula is C14H18ClNO3. The molecule has 1 fully saturated rings. The molecule has 5 heteroatoms. The molecule has 0 atom stereocenters. The van der Waals surface area contributed by atoms with Gasteiger partial charge in [0.15, 0.2) is 11.5 Å². The molecule has 1 saturated heterocycles. The summed E-state index contributed by atoms with van der Waals surface area (Å²) in [6.45, 7) is 2.41. The van der Waals surface area contributed by atoms with Gasteiger partial charge in [-0.3, -0.25) is 0 Å². The zero-order valence-electron chi connectivity index (χ0n) is 11.0. The second-order valence-corrected chi connectivity index (χ2v) is 5.39. The molecule has 0 spiro atoms. The largest absolute Gasteiger partial charge is 0.495 e. The molecule has 0 saturated carbocycles. The Kier molecular flexibility index (Phi) is 3.71. The first-order valence-electron chi connectivity index (χ1n) is 6.65. The lowest BCUT2D eigenvalue weighted by molar-refractivity contribution is 0.174. The number of hydrogen-bond acceptors (Lipinski definition) is 4. The summed E-state index contributed by atoms with van der Waals surface area (Å²) in [6, 6.07) is 2.01. The summed E-state index contributed by atoms with van der Waals surface area (Å²) in [5.74, 6) is 2.73. The van der Waals surface area contributed by atoms with Crippen LogP contribution < -0.4 is 19.5 Å². The van der Waals surface area contributed by atoms with Crippen LogP contribution >= 0.6 is 11.6 Å². The monoisotopic (exact) mass is 283 g/mol. The first-order valence-corrected chi connectivity index (χ1v) is 7.03. The lowest BCUT2D eigenvalue weighted by Gasteiger charge is -2.23. The van der Waals surface area contributed by atoms with Crippen molar-refractivity contribution in [1.29, 1.82) is 0 Å². The van der Waals surface area contributed by atoms with Gasteiger partial charge in [-0.25, -0.2) is 0 Å². The van der Waals surface area contributed by atoms with E-state index in [2.05, 4.69) is 5.32 Å². The zero-order chi connectivity index (χ0) is 13.2. The van der Waals surface area contributed by atoms with Crippen LogP contribution in [0.25, 0.3) is 0 Å². The minimum Gasteiger partial charge on any atom is -0.495 e. The van der Waals surface area contributed by atoms with Gasteiger partial charge >= 0.3 is 0 Å². The fourth-order valence-corrected chi connectivity index (χ4v) is 3.15. The summed E-state index contributed by atoms with van der Waals surface area (Å²) >= 11 is 6.33. The van der Waals surface area contributed by atoms with Crippen molar-refractivity contribution in [2.24, 2.45) is 5.92 Å². The van der Waals surface area contributed by atoms with Crippen molar-refractivity contribution in [1.82, 2.24) is 5.32 Å². The molecule has 0 amide bonds. The van der Waals surface area contributed by atoms with Crippen LogP contribution in [0.15, 0.2) is 6.07 Å². The first-order chi connectivity index (χ1) is 9.29. The summed E-state index contributed by atoms with van der Waals surface area (Å²) < 4.78 is 16.3. The highest BCUT2D eigenvalue weighted by Crippen LogP contribution is 2.47. The predicted molar refractivity (Wildman–Crippen MR) is 73.4 cm³/mol. The Morgan fingerprint density at radius 3 is 2.89 bits per heavy atom. The van der Waals surface area contributed by atoms with E-state index < -0.39 is 0 Å². The van der Waals surface area contributed by atoms with E-state index >= 15 is 0 Å². The summed E-state index contributed by atoms with van der Waals surface area (Å²) in [7, 11) is 1.65. The van der Waals surface area contributed by atoms with E-state index in [1.165, 1.54) is 12.8 Å². The number of methoxy groups -OCH3 is 1. The van der Waals surface area contributed by atoms with E-state index in [-0.39, 0.29) is 6.79 Å². The van der Waals surface area contributed by atoms with Gasteiger partial charge in [0.25, 0.3) is 0 Å². The van der Waals surface area contributed by atoms with E-state index in [4.69, 9.17) is 25.8 Å². The average molecular weight is 284 g/mol. The number of hydrogen-bond donors (Lipinski definition) is 1. The Morgan fingerprint density at radius 2 is 2.16 bits per heavy atom. The van der Waals surface area contributed by atoms with Crippen molar-refractivity contribution < 1.29 is 14.2 Å². The number of nitrogens with one attached hydrogen (secondary N) is 1. The lowest BCUT2D eigenvalue weighted by atomic mass is 9.90. The third-order valence-electron chi connectivity index (χ3n) is 3.81. The summed E-state index contributed by atoms with van der Waals surface area (Å²) in [6.07, 6.45) is 3.35. The van der Waals surface area contributed by atoms with Gasteiger partial charge in [-0.05, 0) is 49.9 Å². The third kappa shape index (κ3) is 2.47. The molecule has 1 aromatic rings. The van der Waals surface area contributed by atoms with Crippen LogP contribution in [-0.4, -0.2) is 27.0 Å². The number of piperidine rings is 1. The van der Waals surface area contributed by atoms with E-state index in [0.717, 1.165) is 36.6 Å². The Morgan fingerprint density at radius 1 is 1.37 bits per heavy atom. The smallest absolute Gasteiger partial charge is 0.231 e. The molecule has 0 unspecified atom stereocenters. The molecule has 2 aliphatic heterocycles. The topological polar surface area (TPSA) is 39.7 Å². The van der Waals surface area contributed by atoms with Crippen LogP contribution in [0, 0.1) is 5.92 Å². The highest BCUT2D eigenvalue weighted by atomic mass is 35.5. The van der Waals surface area contributed by atoms with Crippen LogP contribution in [0.1, 0.15) is 18.4 Å². The summed E-state index contributed by atoms with van der Waals surface area (Å²) in [4.78, 5) is 0. The van der Waals surface area contributed by atoms with Crippen LogP contribution in [0.4, 0.5) is 0 Å². The first kappa shape index (κ1) is 12.9. The standard InChI is InChI=1S/C14H18ClNO3/c1-17-13-10(6-9-2-4-16-5-3-9)7-11-14(12(13)15)19-8-18-11/h7,9,16H,2-6,8H2,1H3. The molecule has 1 aromatic carbocycles. The van der Waals surface area contributed by atoms with Gasteiger partial charge < -0.3 is 19.5 Å². The maximum absolute atomic E-state index is 6.33. The number of benzene rings is 1. The maximum atomic E-state index is 6.33. The van der Waals surface area contributed by atoms with Gasteiger partial charge in [-0.15, -0.1) is 0 Å². The van der Waals surface area contributed by atoms with Gasteiger partial charge in [0, 0.05) is 0 Å². The van der Waals surface area contributed by atoms with Gasteiger partial charge in [0.05, 0.1) is 7.11 Å². The van der Waals surface area contributed by atoms with Crippen LogP contribution in [0.2, 0.25) is 5.02 Å². The minimum absolute atomic E-state index is 0.231. The molecule has 0 aliphatic carbocycles. The van der Waals surface area contributed by atoms with E-state index in [1.807, 2.05) is 6.07 Å². The highest BCUT2D eigenvalue weighted by molar-refractivity contribution is 6.34. The Balaban J connectivity index is 1.89. The third-order valence-corrected chi connectivity index (χ3v) is 4.15. The summed E-state index contributed by atoms with van der Waals surface area (Å²) in [5, 5.41) is 3.91. The molecule has 2 heterocycles. The van der Waals surface area contributed by atoms with Crippen molar-refractivity contribution >= 4 is 11.6 Å². The summed E-state index contributed by atoms with van der Waals surface area (Å²) in [5.41, 5.74) is 1.11. The van der Waals surface area contributed by atoms with Gasteiger partial charge in [0.2, 0.25) is 6.79 Å². The number of rotatable bonds is 3. The van der Waals surface area contributed by atoms with Crippen LogP contribution in [-0.2, 0) is 6.42 Å². The van der Waals surface area contributed by atoms with Gasteiger partial charge in [-0.1, -0.05) is 11.6 Å². The van der Waals surface area contributed by atoms with Crippen molar-refractivity contribution in [3.05, 3.63) is 16.7 Å². The number of halogens is 1. The predicted octanol–water partition coefficient (Wildman–Crippen LogP) is 2.62. The highest BCUT2D eigenvalue weighted by Gasteiger charge is 2.25. The number of ether oxygens (including phenoxy) is 3.